The van der Waals surface area contributed by atoms with Crippen molar-refractivity contribution in [3.8, 4) is 0 Å². The lowest BCUT2D eigenvalue weighted by atomic mass is 9.97. The van der Waals surface area contributed by atoms with Crippen molar-refractivity contribution in [2.75, 3.05) is 26.2 Å². The van der Waals surface area contributed by atoms with Gasteiger partial charge in [-0.15, -0.1) is 0 Å². The number of guanidine groups is 1. The van der Waals surface area contributed by atoms with E-state index in [0.717, 1.165) is 49.2 Å². The fraction of sp³-hybridized carbons (Fsp3) is 0.600. The van der Waals surface area contributed by atoms with Gasteiger partial charge in [-0.2, -0.15) is 0 Å². The van der Waals surface area contributed by atoms with Crippen LogP contribution >= 0.6 is 15.9 Å². The van der Waals surface area contributed by atoms with Crippen LogP contribution < -0.4 is 16.4 Å². The average molecular weight is 438 g/mol. The molecule has 0 aliphatic carbocycles. The third-order valence-corrected chi connectivity index (χ3v) is 5.48. The molecule has 1 aliphatic rings. The van der Waals surface area contributed by atoms with Gasteiger partial charge in [-0.3, -0.25) is 4.99 Å². The zero-order chi connectivity index (χ0) is 19.6. The smallest absolute Gasteiger partial charge is 0.314 e. The van der Waals surface area contributed by atoms with E-state index in [0.29, 0.717) is 25.0 Å². The molecule has 1 saturated heterocycles. The van der Waals surface area contributed by atoms with Crippen molar-refractivity contribution in [1.29, 1.82) is 0 Å². The van der Waals surface area contributed by atoms with Crippen molar-refractivity contribution >= 4 is 27.9 Å². The summed E-state index contributed by atoms with van der Waals surface area (Å²) in [6, 6.07) is 8.49. The van der Waals surface area contributed by atoms with Gasteiger partial charge in [0.2, 0.25) is 0 Å². The topological polar surface area (TPSA) is 82.8 Å². The minimum atomic E-state index is -0.327. The summed E-state index contributed by atoms with van der Waals surface area (Å²) in [7, 11) is 0. The Bertz CT molecular complexity index is 629. The van der Waals surface area contributed by atoms with Gasteiger partial charge in [0.05, 0.1) is 0 Å². The molecule has 150 valence electrons. The summed E-state index contributed by atoms with van der Waals surface area (Å²) in [5, 5.41) is 6.86. The predicted octanol–water partition coefficient (Wildman–Crippen LogP) is 3.12. The molecule has 4 N–H and O–H groups in total. The molecular formula is C20H32BrN5O. The van der Waals surface area contributed by atoms with Crippen LogP contribution in [0.3, 0.4) is 0 Å². The Balaban J connectivity index is 1.90. The first-order chi connectivity index (χ1) is 13.0. The molecule has 0 bridgehead atoms. The monoisotopic (exact) mass is 437 g/mol. The number of carbonyl (C=O) groups excluding carboxylic acids is 1. The van der Waals surface area contributed by atoms with Crippen molar-refractivity contribution in [3.63, 3.8) is 0 Å². The Morgan fingerprint density at radius 3 is 2.70 bits per heavy atom. The third-order valence-electron chi connectivity index (χ3n) is 4.99. The van der Waals surface area contributed by atoms with Crippen LogP contribution in [0.2, 0.25) is 0 Å². The number of nitrogens with two attached hydrogens (primary N) is 1. The van der Waals surface area contributed by atoms with Gasteiger partial charge < -0.3 is 21.3 Å². The SMILES string of the molecule is CCNC(=NCC(CC)Cc1cccc(Br)c1)NC1CCN(C(N)=O)CC1. The molecule has 0 aromatic heterocycles. The molecule has 1 aromatic carbocycles. The van der Waals surface area contributed by atoms with Gasteiger partial charge >= 0.3 is 6.03 Å². The van der Waals surface area contributed by atoms with E-state index in [2.05, 4.69) is 64.7 Å². The Kier molecular flexibility index (Phi) is 8.91. The van der Waals surface area contributed by atoms with E-state index in [-0.39, 0.29) is 6.03 Å². The number of carbonyl (C=O) groups is 1. The maximum Gasteiger partial charge on any atom is 0.314 e. The maximum absolute atomic E-state index is 11.3. The Morgan fingerprint density at radius 1 is 1.37 bits per heavy atom. The number of aliphatic imine (C=N–C) groups is 1. The summed E-state index contributed by atoms with van der Waals surface area (Å²) >= 11 is 3.55. The molecule has 0 radical (unpaired) electrons. The van der Waals surface area contributed by atoms with Crippen molar-refractivity contribution in [3.05, 3.63) is 34.3 Å². The second-order valence-corrected chi connectivity index (χ2v) is 7.99. The fourth-order valence-electron chi connectivity index (χ4n) is 3.31. The number of benzene rings is 1. The normalized spacial score (nSPS) is 16.9. The highest BCUT2D eigenvalue weighted by Crippen LogP contribution is 2.17. The molecule has 2 amide bonds. The minimum Gasteiger partial charge on any atom is -0.357 e. The number of amides is 2. The second kappa shape index (κ2) is 11.2. The molecular weight excluding hydrogens is 406 g/mol. The lowest BCUT2D eigenvalue weighted by Crippen LogP contribution is -2.50. The molecule has 2 rings (SSSR count). The molecule has 7 heteroatoms. The molecule has 0 saturated carbocycles. The lowest BCUT2D eigenvalue weighted by molar-refractivity contribution is 0.188. The number of hydrogen-bond donors (Lipinski definition) is 3. The number of nitrogens with one attached hydrogen (secondary N) is 2. The third kappa shape index (κ3) is 7.40. The van der Waals surface area contributed by atoms with Gasteiger partial charge in [0, 0.05) is 36.7 Å². The number of urea groups is 1. The van der Waals surface area contributed by atoms with Crippen LogP contribution in [0.15, 0.2) is 33.7 Å². The van der Waals surface area contributed by atoms with Crippen molar-refractivity contribution in [2.45, 2.75) is 45.6 Å². The van der Waals surface area contributed by atoms with E-state index in [1.54, 1.807) is 4.90 Å². The lowest BCUT2D eigenvalue weighted by Gasteiger charge is -2.32. The summed E-state index contributed by atoms with van der Waals surface area (Å²) < 4.78 is 1.12. The van der Waals surface area contributed by atoms with E-state index in [9.17, 15) is 4.79 Å². The Hall–Kier alpha value is -1.76. The van der Waals surface area contributed by atoms with Gasteiger partial charge in [0.25, 0.3) is 0 Å². The zero-order valence-corrected chi connectivity index (χ0v) is 18.0. The Morgan fingerprint density at radius 2 is 2.11 bits per heavy atom. The standard InChI is InChI=1S/C20H32BrN5O/c1-3-15(12-16-6-5-7-17(21)13-16)14-24-20(23-4-2)25-18-8-10-26(11-9-18)19(22)27/h5-7,13,15,18H,3-4,8-12,14H2,1-2H3,(H2,22,27)(H2,23,24,25). The number of primary amides is 1. The van der Waals surface area contributed by atoms with Crippen LogP contribution in [0.5, 0.6) is 0 Å². The van der Waals surface area contributed by atoms with E-state index >= 15 is 0 Å². The van der Waals surface area contributed by atoms with Crippen LogP contribution in [-0.4, -0.2) is 49.1 Å². The molecule has 1 fully saturated rings. The molecule has 1 aliphatic heterocycles. The summed E-state index contributed by atoms with van der Waals surface area (Å²) in [6.07, 6.45) is 3.90. The van der Waals surface area contributed by atoms with Gasteiger partial charge in [-0.25, -0.2) is 4.79 Å². The van der Waals surface area contributed by atoms with Crippen LogP contribution in [-0.2, 0) is 6.42 Å². The largest absolute Gasteiger partial charge is 0.357 e. The average Bonchev–Trinajstić information content (AvgIpc) is 2.65. The molecule has 1 atom stereocenters. The first-order valence-electron chi connectivity index (χ1n) is 9.85. The quantitative estimate of drug-likeness (QED) is 0.452. The molecule has 6 nitrogen and oxygen atoms in total. The Labute approximate surface area is 171 Å². The molecule has 1 aromatic rings. The maximum atomic E-state index is 11.3. The van der Waals surface area contributed by atoms with E-state index < -0.39 is 0 Å². The van der Waals surface area contributed by atoms with Gasteiger partial charge in [-0.05, 0) is 49.8 Å². The summed E-state index contributed by atoms with van der Waals surface area (Å²) in [5.41, 5.74) is 6.69. The van der Waals surface area contributed by atoms with Crippen LogP contribution in [0, 0.1) is 5.92 Å². The fourth-order valence-corrected chi connectivity index (χ4v) is 3.76. The highest BCUT2D eigenvalue weighted by Gasteiger charge is 2.21. The van der Waals surface area contributed by atoms with Crippen molar-refractivity contribution in [2.24, 2.45) is 16.6 Å². The van der Waals surface area contributed by atoms with Crippen LogP contribution in [0.1, 0.15) is 38.7 Å². The minimum absolute atomic E-state index is 0.323. The van der Waals surface area contributed by atoms with Gasteiger partial charge in [0.15, 0.2) is 5.96 Å². The number of hydrogen-bond acceptors (Lipinski definition) is 2. The van der Waals surface area contributed by atoms with Crippen LogP contribution in [0.4, 0.5) is 4.79 Å². The van der Waals surface area contributed by atoms with Gasteiger partial charge in [0.1, 0.15) is 0 Å². The summed E-state index contributed by atoms with van der Waals surface area (Å²) in [5.74, 6) is 1.37. The zero-order valence-electron chi connectivity index (χ0n) is 16.4. The summed E-state index contributed by atoms with van der Waals surface area (Å²) in [4.78, 5) is 17.8. The number of halogens is 1. The predicted molar refractivity (Wildman–Crippen MR) is 115 cm³/mol. The van der Waals surface area contributed by atoms with Crippen LogP contribution in [0.25, 0.3) is 0 Å². The first kappa shape index (κ1) is 21.5. The molecule has 1 heterocycles. The highest BCUT2D eigenvalue weighted by molar-refractivity contribution is 9.10. The second-order valence-electron chi connectivity index (χ2n) is 7.07. The number of nitrogens with zero attached hydrogens (tertiary/aromatic N) is 2. The van der Waals surface area contributed by atoms with Crippen molar-refractivity contribution in [1.82, 2.24) is 15.5 Å². The van der Waals surface area contributed by atoms with Gasteiger partial charge in [-0.1, -0.05) is 41.4 Å². The molecule has 1 unspecified atom stereocenters. The van der Waals surface area contributed by atoms with E-state index in [1.807, 2.05) is 0 Å². The number of likely N-dealkylation sites (tertiary alicyclic amines) is 1. The van der Waals surface area contributed by atoms with E-state index in [4.69, 9.17) is 10.7 Å². The number of piperidine rings is 1. The van der Waals surface area contributed by atoms with E-state index in [1.165, 1.54) is 5.56 Å². The summed E-state index contributed by atoms with van der Waals surface area (Å²) in [6.45, 7) is 7.32. The highest BCUT2D eigenvalue weighted by atomic mass is 79.9. The molecule has 27 heavy (non-hydrogen) atoms. The molecule has 0 spiro atoms. The first-order valence-corrected chi connectivity index (χ1v) is 10.6. The van der Waals surface area contributed by atoms with Crippen molar-refractivity contribution < 1.29 is 4.79 Å². The number of rotatable bonds is 7.